The number of morpholine rings is 1. The number of aliphatic carboxylic acids is 1. The fraction of sp³-hybridized carbons (Fsp3) is 0.481. The van der Waals surface area contributed by atoms with Crippen LogP contribution in [0.25, 0.3) is 10.2 Å². The predicted octanol–water partition coefficient (Wildman–Crippen LogP) is 5.62. The van der Waals surface area contributed by atoms with Gasteiger partial charge in [0.15, 0.2) is 5.13 Å². The van der Waals surface area contributed by atoms with Gasteiger partial charge in [-0.3, -0.25) is 9.69 Å². The molecule has 5 rings (SSSR count). The van der Waals surface area contributed by atoms with E-state index in [-0.39, 0.29) is 17.7 Å². The molecule has 0 aliphatic carbocycles. The van der Waals surface area contributed by atoms with Crippen LogP contribution in [-0.4, -0.2) is 78.9 Å². The summed E-state index contributed by atoms with van der Waals surface area (Å²) in [6.45, 7) is 4.89. The number of aromatic nitrogens is 1. The lowest BCUT2D eigenvalue weighted by atomic mass is 9.82. The Morgan fingerprint density at radius 1 is 1.10 bits per heavy atom. The molecule has 0 spiro atoms. The number of hydrogen-bond donors (Lipinski definition) is 1. The van der Waals surface area contributed by atoms with Crippen LogP contribution in [0.3, 0.4) is 0 Å². The van der Waals surface area contributed by atoms with Crippen molar-refractivity contribution in [1.82, 2.24) is 9.88 Å². The van der Waals surface area contributed by atoms with E-state index >= 15 is 0 Å². The molecule has 8 nitrogen and oxygen atoms in total. The Labute approximate surface area is 238 Å². The van der Waals surface area contributed by atoms with Crippen LogP contribution in [-0.2, 0) is 16.0 Å². The molecule has 0 amide bonds. The molecule has 3 heterocycles. The number of hydrogen-bond acceptors (Lipinski definition) is 8. The van der Waals surface area contributed by atoms with E-state index in [1.54, 1.807) is 24.3 Å². The monoisotopic (exact) mass is 599 g/mol. The van der Waals surface area contributed by atoms with E-state index in [0.717, 1.165) is 50.6 Å². The molecule has 0 radical (unpaired) electrons. The first kappa shape index (κ1) is 28.7. The molecule has 2 aromatic carbocycles. The van der Waals surface area contributed by atoms with Crippen LogP contribution in [0.1, 0.15) is 24.8 Å². The summed E-state index contributed by atoms with van der Waals surface area (Å²) in [5.41, 5.74) is 1.10. The summed E-state index contributed by atoms with van der Waals surface area (Å²) < 4.78 is 54.3. The van der Waals surface area contributed by atoms with Gasteiger partial charge in [-0.2, -0.15) is 0 Å². The molecule has 0 atom stereocenters. The number of alkyl halides is 3. The topological polar surface area (TPSA) is 84.4 Å². The van der Waals surface area contributed by atoms with E-state index in [1.807, 2.05) is 0 Å². The third-order valence-corrected chi connectivity index (χ3v) is 8.65. The molecule has 0 bridgehead atoms. The number of ether oxygens (including phenoxy) is 3. The summed E-state index contributed by atoms with van der Waals surface area (Å²) in [6, 6.07) is 9.23. The minimum absolute atomic E-state index is 0.118. The van der Waals surface area contributed by atoms with Gasteiger partial charge in [-0.15, -0.1) is 13.2 Å². The summed E-state index contributed by atoms with van der Waals surface area (Å²) >= 11 is 7.54. The highest BCUT2D eigenvalue weighted by Gasteiger charge is 2.41. The molecule has 3 aromatic rings. The fourth-order valence-corrected chi connectivity index (χ4v) is 6.73. The van der Waals surface area contributed by atoms with Gasteiger partial charge >= 0.3 is 12.3 Å². The maximum Gasteiger partial charge on any atom is 0.573 e. The van der Waals surface area contributed by atoms with Crippen molar-refractivity contribution < 1.29 is 37.3 Å². The second-order valence-electron chi connectivity index (χ2n) is 9.95. The Hall–Kier alpha value is -2.80. The summed E-state index contributed by atoms with van der Waals surface area (Å²) in [4.78, 5) is 20.4. The first-order chi connectivity index (χ1) is 19.1. The van der Waals surface area contributed by atoms with Gasteiger partial charge in [0.05, 0.1) is 36.5 Å². The van der Waals surface area contributed by atoms with E-state index in [9.17, 15) is 18.0 Å². The lowest BCUT2D eigenvalue weighted by Crippen LogP contribution is -2.59. The number of carboxylic acids is 1. The first-order valence-electron chi connectivity index (χ1n) is 13.0. The molecule has 13 heteroatoms. The van der Waals surface area contributed by atoms with Gasteiger partial charge in [-0.25, -0.2) is 4.98 Å². The zero-order chi connectivity index (χ0) is 28.3. The number of nitrogens with zero attached hydrogens (tertiary/aromatic N) is 3. The van der Waals surface area contributed by atoms with Crippen LogP contribution in [0.5, 0.6) is 11.5 Å². The van der Waals surface area contributed by atoms with Crippen molar-refractivity contribution in [2.45, 2.75) is 37.6 Å². The largest absolute Gasteiger partial charge is 0.573 e. The highest BCUT2D eigenvalue weighted by molar-refractivity contribution is 7.22. The smallest absolute Gasteiger partial charge is 0.493 e. The Morgan fingerprint density at radius 2 is 1.85 bits per heavy atom. The van der Waals surface area contributed by atoms with Gasteiger partial charge in [0.2, 0.25) is 0 Å². The van der Waals surface area contributed by atoms with Crippen molar-refractivity contribution in [3.8, 4) is 11.5 Å². The lowest BCUT2D eigenvalue weighted by molar-refractivity contribution is -0.274. The van der Waals surface area contributed by atoms with Crippen LogP contribution in [0, 0.1) is 0 Å². The maximum absolute atomic E-state index is 12.6. The lowest BCUT2D eigenvalue weighted by Gasteiger charge is -2.50. The second kappa shape index (κ2) is 12.0. The molecule has 0 saturated carbocycles. The van der Waals surface area contributed by atoms with Gasteiger partial charge in [0.25, 0.3) is 0 Å². The predicted molar refractivity (Wildman–Crippen MR) is 146 cm³/mol. The molecular formula is C27H29ClF3N3O5S. The number of carbonyl (C=O) groups is 1. The molecule has 0 unspecified atom stereocenters. The Bertz CT molecular complexity index is 1340. The number of rotatable bonds is 9. The summed E-state index contributed by atoms with van der Waals surface area (Å²) in [7, 11) is 0. The van der Waals surface area contributed by atoms with Crippen molar-refractivity contribution in [2.75, 3.05) is 50.9 Å². The fourth-order valence-electron chi connectivity index (χ4n) is 5.44. The Morgan fingerprint density at radius 3 is 2.55 bits per heavy atom. The van der Waals surface area contributed by atoms with Gasteiger partial charge in [-0.05, 0) is 55.2 Å². The molecule has 2 saturated heterocycles. The van der Waals surface area contributed by atoms with Gasteiger partial charge in [0.1, 0.15) is 11.5 Å². The number of benzene rings is 2. The van der Waals surface area contributed by atoms with Gasteiger partial charge in [-0.1, -0.05) is 22.9 Å². The SMILES string of the molecule is O=C(O)Cc1cc(Cl)cc(OCCC2(N3CCOCC3)CCN(c3nc4ccc(OC(F)(F)F)cc4s3)CC2)c1. The van der Waals surface area contributed by atoms with Crippen LogP contribution in [0.2, 0.25) is 5.02 Å². The molecular weight excluding hydrogens is 571 g/mol. The zero-order valence-electron chi connectivity index (χ0n) is 21.6. The average Bonchev–Trinajstić information content (AvgIpc) is 3.31. The summed E-state index contributed by atoms with van der Waals surface area (Å²) in [6.07, 6.45) is -2.40. The van der Waals surface area contributed by atoms with E-state index in [0.29, 0.717) is 46.4 Å². The van der Waals surface area contributed by atoms with Crippen molar-refractivity contribution in [2.24, 2.45) is 0 Å². The van der Waals surface area contributed by atoms with Crippen molar-refractivity contribution in [3.05, 3.63) is 47.0 Å². The Balaban J connectivity index is 1.26. The summed E-state index contributed by atoms with van der Waals surface area (Å²) in [5.74, 6) is -0.647. The maximum atomic E-state index is 12.6. The molecule has 2 aliphatic heterocycles. The molecule has 1 aromatic heterocycles. The minimum Gasteiger partial charge on any atom is -0.493 e. The zero-order valence-corrected chi connectivity index (χ0v) is 23.2. The number of fused-ring (bicyclic) bond motifs is 1. The minimum atomic E-state index is -4.74. The standard InChI is InChI=1S/C27H29ClF3N3O5S/c28-19-13-18(15-24(35)36)14-21(16-19)38-10-5-26(34-8-11-37-12-9-34)3-6-33(7-4-26)25-32-22-2-1-20(17-23(22)40-25)39-27(29,30)31/h1-2,13-14,16-17H,3-12,15H2,(H,35,36). The number of piperidine rings is 1. The number of halogens is 4. The first-order valence-corrected chi connectivity index (χ1v) is 14.2. The number of anilines is 1. The van der Waals surface area contributed by atoms with Gasteiger partial charge in [0, 0.05) is 42.8 Å². The number of carboxylic acid groups (broad SMARTS) is 1. The van der Waals surface area contributed by atoms with E-state index in [4.69, 9.17) is 26.2 Å². The van der Waals surface area contributed by atoms with E-state index in [1.165, 1.54) is 23.5 Å². The quantitative estimate of drug-likeness (QED) is 0.340. The highest BCUT2D eigenvalue weighted by Crippen LogP contribution is 2.38. The average molecular weight is 600 g/mol. The van der Waals surface area contributed by atoms with Crippen LogP contribution in [0.4, 0.5) is 18.3 Å². The second-order valence-corrected chi connectivity index (χ2v) is 11.4. The summed E-state index contributed by atoms with van der Waals surface area (Å²) in [5, 5.41) is 10.3. The normalized spacial score (nSPS) is 18.1. The van der Waals surface area contributed by atoms with Crippen molar-refractivity contribution >= 4 is 44.3 Å². The molecule has 2 aliphatic rings. The third-order valence-electron chi connectivity index (χ3n) is 7.35. The molecule has 1 N–H and O–H groups in total. The van der Waals surface area contributed by atoms with E-state index < -0.39 is 12.3 Å². The molecule has 40 heavy (non-hydrogen) atoms. The van der Waals surface area contributed by atoms with Crippen molar-refractivity contribution in [1.29, 1.82) is 0 Å². The van der Waals surface area contributed by atoms with Crippen molar-refractivity contribution in [3.63, 3.8) is 0 Å². The van der Waals surface area contributed by atoms with Crippen LogP contribution in [0.15, 0.2) is 36.4 Å². The van der Waals surface area contributed by atoms with Gasteiger partial charge < -0.3 is 24.2 Å². The Kier molecular flexibility index (Phi) is 8.60. The number of thiazole rings is 1. The highest BCUT2D eigenvalue weighted by atomic mass is 35.5. The third kappa shape index (κ3) is 7.09. The van der Waals surface area contributed by atoms with Crippen LogP contribution >= 0.6 is 22.9 Å². The molecule has 216 valence electrons. The van der Waals surface area contributed by atoms with Crippen LogP contribution < -0.4 is 14.4 Å². The van der Waals surface area contributed by atoms with E-state index in [2.05, 4.69) is 19.5 Å². The molecule has 2 fully saturated rings.